The third-order valence-corrected chi connectivity index (χ3v) is 4.35. The summed E-state index contributed by atoms with van der Waals surface area (Å²) in [5, 5.41) is 5.52. The summed E-state index contributed by atoms with van der Waals surface area (Å²) in [6.45, 7) is 4.75. The van der Waals surface area contributed by atoms with Crippen molar-refractivity contribution in [3.63, 3.8) is 0 Å². The lowest BCUT2D eigenvalue weighted by molar-refractivity contribution is -0.135. The van der Waals surface area contributed by atoms with Crippen LogP contribution in [0.25, 0.3) is 0 Å². The number of ether oxygens (including phenoxy) is 1. The summed E-state index contributed by atoms with van der Waals surface area (Å²) in [7, 11) is 0. The molecule has 2 rings (SSSR count). The van der Waals surface area contributed by atoms with E-state index in [-0.39, 0.29) is 24.5 Å². The molecule has 0 atom stereocenters. The van der Waals surface area contributed by atoms with Gasteiger partial charge in [-0.15, -0.1) is 0 Å². The fourth-order valence-corrected chi connectivity index (χ4v) is 3.13. The molecule has 1 aliphatic heterocycles. The summed E-state index contributed by atoms with van der Waals surface area (Å²) >= 11 is 0. The highest BCUT2D eigenvalue weighted by atomic mass is 16.5. The van der Waals surface area contributed by atoms with Crippen LogP contribution in [-0.2, 0) is 14.3 Å². The van der Waals surface area contributed by atoms with Gasteiger partial charge in [0.15, 0.2) is 0 Å². The second-order valence-corrected chi connectivity index (χ2v) is 6.59. The molecule has 130 valence electrons. The smallest absolute Gasteiger partial charge is 0.325 e. The van der Waals surface area contributed by atoms with Crippen LogP contribution in [0.2, 0.25) is 0 Å². The molecule has 0 unspecified atom stereocenters. The summed E-state index contributed by atoms with van der Waals surface area (Å²) in [6, 6.07) is -0.449. The average Bonchev–Trinajstić information content (AvgIpc) is 2.72. The molecule has 2 fully saturated rings. The minimum Gasteiger partial charge on any atom is -0.379 e. The lowest BCUT2D eigenvalue weighted by Crippen LogP contribution is -2.49. The third-order valence-electron chi connectivity index (χ3n) is 4.35. The largest absolute Gasteiger partial charge is 0.379 e. The van der Waals surface area contributed by atoms with Gasteiger partial charge in [0, 0.05) is 13.2 Å². The van der Waals surface area contributed by atoms with E-state index < -0.39 is 11.6 Å². The second kappa shape index (κ2) is 7.77. The zero-order valence-corrected chi connectivity index (χ0v) is 14.0. The van der Waals surface area contributed by atoms with E-state index in [9.17, 15) is 14.4 Å². The Hall–Kier alpha value is -1.63. The van der Waals surface area contributed by atoms with Gasteiger partial charge in [-0.25, -0.2) is 4.79 Å². The van der Waals surface area contributed by atoms with Crippen LogP contribution in [0, 0.1) is 0 Å². The molecule has 0 aromatic carbocycles. The van der Waals surface area contributed by atoms with Gasteiger partial charge in [0.1, 0.15) is 12.1 Å². The molecule has 7 nitrogen and oxygen atoms in total. The van der Waals surface area contributed by atoms with Crippen molar-refractivity contribution in [1.29, 1.82) is 0 Å². The minimum atomic E-state index is -0.763. The van der Waals surface area contributed by atoms with Crippen molar-refractivity contribution < 1.29 is 19.1 Å². The van der Waals surface area contributed by atoms with Crippen molar-refractivity contribution in [3.8, 4) is 0 Å². The fraction of sp³-hybridized carbons (Fsp3) is 0.812. The summed E-state index contributed by atoms with van der Waals surface area (Å²) in [6.07, 6.45) is 5.16. The van der Waals surface area contributed by atoms with Gasteiger partial charge in [-0.3, -0.25) is 14.5 Å². The molecule has 4 amide bonds. The molecule has 23 heavy (non-hydrogen) atoms. The summed E-state index contributed by atoms with van der Waals surface area (Å²) in [5.41, 5.74) is -0.763. The first kappa shape index (κ1) is 17.7. The Bertz CT molecular complexity index is 458. The van der Waals surface area contributed by atoms with E-state index in [0.29, 0.717) is 32.4 Å². The van der Waals surface area contributed by atoms with Crippen LogP contribution < -0.4 is 10.6 Å². The van der Waals surface area contributed by atoms with E-state index in [0.717, 1.165) is 24.2 Å². The molecule has 2 N–H and O–H groups in total. The molecule has 1 aliphatic carbocycles. The Morgan fingerprint density at radius 3 is 2.65 bits per heavy atom. The summed E-state index contributed by atoms with van der Waals surface area (Å²) < 4.78 is 5.39. The Kier molecular flexibility index (Phi) is 5.98. The van der Waals surface area contributed by atoms with E-state index in [1.807, 2.05) is 13.8 Å². The van der Waals surface area contributed by atoms with E-state index in [1.165, 1.54) is 0 Å². The molecule has 2 aliphatic rings. The Labute approximate surface area is 137 Å². The maximum Gasteiger partial charge on any atom is 0.325 e. The van der Waals surface area contributed by atoms with E-state index in [2.05, 4.69) is 10.6 Å². The number of hydrogen-bond acceptors (Lipinski definition) is 4. The van der Waals surface area contributed by atoms with E-state index >= 15 is 0 Å². The van der Waals surface area contributed by atoms with Crippen LogP contribution in [0.15, 0.2) is 0 Å². The van der Waals surface area contributed by atoms with Crippen molar-refractivity contribution in [2.45, 2.75) is 64.0 Å². The number of nitrogens with zero attached hydrogens (tertiary/aromatic N) is 1. The number of imide groups is 1. The van der Waals surface area contributed by atoms with Crippen LogP contribution >= 0.6 is 0 Å². The second-order valence-electron chi connectivity index (χ2n) is 6.59. The zero-order valence-electron chi connectivity index (χ0n) is 14.0. The quantitative estimate of drug-likeness (QED) is 0.543. The van der Waals surface area contributed by atoms with E-state index in [1.54, 1.807) is 0 Å². The number of amides is 4. The number of nitrogens with one attached hydrogen (secondary N) is 2. The average molecular weight is 325 g/mol. The molecular weight excluding hydrogens is 298 g/mol. The van der Waals surface area contributed by atoms with Crippen molar-refractivity contribution >= 4 is 17.8 Å². The van der Waals surface area contributed by atoms with Gasteiger partial charge < -0.3 is 15.4 Å². The van der Waals surface area contributed by atoms with Crippen LogP contribution in [0.1, 0.15) is 52.4 Å². The SMILES string of the molecule is CC(C)OCCCNC(=O)CN1C(=O)NC2(CCCCC2)C1=O. The first-order valence-electron chi connectivity index (χ1n) is 8.47. The van der Waals surface area contributed by atoms with Crippen molar-refractivity contribution in [3.05, 3.63) is 0 Å². The predicted molar refractivity (Wildman–Crippen MR) is 84.8 cm³/mol. The first-order chi connectivity index (χ1) is 10.9. The predicted octanol–water partition coefficient (Wildman–Crippen LogP) is 1.17. The van der Waals surface area contributed by atoms with Gasteiger partial charge in [0.05, 0.1) is 6.10 Å². The summed E-state index contributed by atoms with van der Waals surface area (Å²) in [4.78, 5) is 37.5. The maximum atomic E-state index is 12.5. The lowest BCUT2D eigenvalue weighted by atomic mass is 9.82. The van der Waals surface area contributed by atoms with Crippen LogP contribution in [-0.4, -0.2) is 54.1 Å². The van der Waals surface area contributed by atoms with Crippen molar-refractivity contribution in [2.24, 2.45) is 0 Å². The monoisotopic (exact) mass is 325 g/mol. The molecule has 1 saturated heterocycles. The normalized spacial score (nSPS) is 20.2. The van der Waals surface area contributed by atoms with Crippen LogP contribution in [0.5, 0.6) is 0 Å². The van der Waals surface area contributed by atoms with Gasteiger partial charge in [0.2, 0.25) is 5.91 Å². The Morgan fingerprint density at radius 1 is 1.30 bits per heavy atom. The Balaban J connectivity index is 1.77. The first-order valence-corrected chi connectivity index (χ1v) is 8.47. The molecule has 0 aromatic heterocycles. The topological polar surface area (TPSA) is 87.7 Å². The fourth-order valence-electron chi connectivity index (χ4n) is 3.13. The highest BCUT2D eigenvalue weighted by Crippen LogP contribution is 2.33. The summed E-state index contributed by atoms with van der Waals surface area (Å²) in [5.74, 6) is -0.564. The van der Waals surface area contributed by atoms with Gasteiger partial charge in [-0.1, -0.05) is 19.3 Å². The third kappa shape index (κ3) is 4.43. The van der Waals surface area contributed by atoms with Gasteiger partial charge in [0.25, 0.3) is 5.91 Å². The number of carbonyl (C=O) groups excluding carboxylic acids is 3. The molecule has 1 spiro atoms. The molecule has 1 heterocycles. The van der Waals surface area contributed by atoms with Gasteiger partial charge in [-0.05, 0) is 33.1 Å². The van der Waals surface area contributed by atoms with Crippen LogP contribution in [0.4, 0.5) is 4.79 Å². The number of urea groups is 1. The van der Waals surface area contributed by atoms with Crippen LogP contribution in [0.3, 0.4) is 0 Å². The highest BCUT2D eigenvalue weighted by molar-refractivity contribution is 6.09. The highest BCUT2D eigenvalue weighted by Gasteiger charge is 2.51. The molecule has 0 radical (unpaired) electrons. The van der Waals surface area contributed by atoms with Gasteiger partial charge in [-0.2, -0.15) is 0 Å². The molecular formula is C16H27N3O4. The molecule has 0 aromatic rings. The van der Waals surface area contributed by atoms with Crippen molar-refractivity contribution in [2.75, 3.05) is 19.7 Å². The minimum absolute atomic E-state index is 0.170. The molecule has 1 saturated carbocycles. The number of hydrogen-bond donors (Lipinski definition) is 2. The lowest BCUT2D eigenvalue weighted by Gasteiger charge is -2.30. The maximum absolute atomic E-state index is 12.5. The number of carbonyl (C=O) groups is 3. The Morgan fingerprint density at radius 2 is 2.00 bits per heavy atom. The van der Waals surface area contributed by atoms with Gasteiger partial charge >= 0.3 is 6.03 Å². The van der Waals surface area contributed by atoms with Crippen molar-refractivity contribution in [1.82, 2.24) is 15.5 Å². The van der Waals surface area contributed by atoms with E-state index in [4.69, 9.17) is 4.74 Å². The standard InChI is InChI=1S/C16H27N3O4/c1-12(2)23-10-6-9-17-13(20)11-19-14(21)16(18-15(19)22)7-4-3-5-8-16/h12H,3-11H2,1-2H3,(H,17,20)(H,18,22). The molecule has 0 bridgehead atoms. The molecule has 7 heteroatoms. The number of rotatable bonds is 7. The zero-order chi connectivity index (χ0) is 16.9.